The van der Waals surface area contributed by atoms with Crippen LogP contribution in [0, 0.1) is 13.8 Å². The molecule has 0 spiro atoms. The van der Waals surface area contributed by atoms with Crippen molar-refractivity contribution in [2.24, 2.45) is 12.8 Å². The van der Waals surface area contributed by atoms with E-state index in [1.54, 1.807) is 0 Å². The molecule has 0 fully saturated rings. The van der Waals surface area contributed by atoms with Crippen molar-refractivity contribution in [3.8, 4) is 0 Å². The first-order valence-electron chi connectivity index (χ1n) is 6.96. The van der Waals surface area contributed by atoms with Crippen LogP contribution < -0.4 is 5.73 Å². The van der Waals surface area contributed by atoms with Gasteiger partial charge in [0.25, 0.3) is 0 Å². The summed E-state index contributed by atoms with van der Waals surface area (Å²) in [7, 11) is 4.05. The summed E-state index contributed by atoms with van der Waals surface area (Å²) in [5.41, 5.74) is 11.1. The second-order valence-electron chi connectivity index (χ2n) is 5.55. The van der Waals surface area contributed by atoms with Gasteiger partial charge in [0, 0.05) is 37.9 Å². The highest BCUT2D eigenvalue weighted by molar-refractivity contribution is 5.33. The molecule has 2 N–H and O–H groups in total. The Morgan fingerprint density at radius 3 is 2.65 bits per heavy atom. The Bertz CT molecular complexity index is 574. The average molecular weight is 272 g/mol. The number of rotatable bonds is 5. The molecular formula is C16H24N4. The highest BCUT2D eigenvalue weighted by Crippen LogP contribution is 2.24. The third-order valence-electron chi connectivity index (χ3n) is 3.73. The van der Waals surface area contributed by atoms with Gasteiger partial charge in [-0.15, -0.1) is 0 Å². The Morgan fingerprint density at radius 1 is 1.35 bits per heavy atom. The molecule has 1 unspecified atom stereocenters. The molecule has 20 heavy (non-hydrogen) atoms. The van der Waals surface area contributed by atoms with Crippen molar-refractivity contribution in [1.29, 1.82) is 0 Å². The second kappa shape index (κ2) is 6.20. The first-order chi connectivity index (χ1) is 9.51. The van der Waals surface area contributed by atoms with Gasteiger partial charge >= 0.3 is 0 Å². The lowest BCUT2D eigenvalue weighted by molar-refractivity contribution is 0.241. The van der Waals surface area contributed by atoms with Gasteiger partial charge in [0.15, 0.2) is 0 Å². The number of benzene rings is 1. The Balaban J connectivity index is 2.18. The summed E-state index contributed by atoms with van der Waals surface area (Å²) in [6, 6.07) is 6.80. The van der Waals surface area contributed by atoms with Gasteiger partial charge in [0.2, 0.25) is 0 Å². The number of nitrogens with two attached hydrogens (primary N) is 1. The number of hydrogen-bond donors (Lipinski definition) is 1. The van der Waals surface area contributed by atoms with E-state index in [9.17, 15) is 0 Å². The van der Waals surface area contributed by atoms with Crippen LogP contribution in [0.2, 0.25) is 0 Å². The van der Waals surface area contributed by atoms with Crippen LogP contribution in [0.4, 0.5) is 0 Å². The number of nitrogens with zero attached hydrogens (tertiary/aromatic N) is 3. The molecule has 2 aromatic rings. The fourth-order valence-electron chi connectivity index (χ4n) is 2.70. The fourth-order valence-corrected chi connectivity index (χ4v) is 2.70. The summed E-state index contributed by atoms with van der Waals surface area (Å²) in [6.07, 6.45) is 3.96. The zero-order valence-corrected chi connectivity index (χ0v) is 12.8. The topological polar surface area (TPSA) is 47.1 Å². The van der Waals surface area contributed by atoms with E-state index < -0.39 is 0 Å². The Hall–Kier alpha value is -1.65. The minimum Gasteiger partial charge on any atom is -0.329 e. The third kappa shape index (κ3) is 3.26. The first-order valence-corrected chi connectivity index (χ1v) is 6.96. The van der Waals surface area contributed by atoms with Crippen molar-refractivity contribution in [3.05, 3.63) is 52.8 Å². The molecule has 0 aliphatic heterocycles. The summed E-state index contributed by atoms with van der Waals surface area (Å²) < 4.78 is 1.83. The third-order valence-corrected chi connectivity index (χ3v) is 3.73. The molecule has 0 aliphatic carbocycles. The smallest absolute Gasteiger partial charge is 0.0534 e. The van der Waals surface area contributed by atoms with Gasteiger partial charge < -0.3 is 5.73 Å². The zero-order valence-electron chi connectivity index (χ0n) is 12.8. The molecule has 1 aromatic heterocycles. The fraction of sp³-hybridized carbons (Fsp3) is 0.438. The van der Waals surface area contributed by atoms with Gasteiger partial charge in [0.1, 0.15) is 0 Å². The quantitative estimate of drug-likeness (QED) is 0.907. The maximum absolute atomic E-state index is 6.01. The van der Waals surface area contributed by atoms with Crippen LogP contribution in [0.5, 0.6) is 0 Å². The summed E-state index contributed by atoms with van der Waals surface area (Å²) in [5, 5.41) is 4.22. The molecule has 1 atom stereocenters. The summed E-state index contributed by atoms with van der Waals surface area (Å²) in [5.74, 6) is 0. The van der Waals surface area contributed by atoms with Crippen LogP contribution in [0.1, 0.15) is 28.3 Å². The maximum Gasteiger partial charge on any atom is 0.0534 e. The molecule has 4 heteroatoms. The van der Waals surface area contributed by atoms with Crippen LogP contribution in [0.25, 0.3) is 0 Å². The van der Waals surface area contributed by atoms with E-state index in [0.717, 1.165) is 6.54 Å². The van der Waals surface area contributed by atoms with E-state index in [0.29, 0.717) is 6.54 Å². The molecule has 0 saturated heterocycles. The predicted molar refractivity (Wildman–Crippen MR) is 82.4 cm³/mol. The summed E-state index contributed by atoms with van der Waals surface area (Å²) in [6.45, 7) is 5.74. The molecule has 2 rings (SSSR count). The van der Waals surface area contributed by atoms with Crippen molar-refractivity contribution >= 4 is 0 Å². The monoisotopic (exact) mass is 272 g/mol. The van der Waals surface area contributed by atoms with E-state index in [4.69, 9.17) is 5.73 Å². The molecule has 108 valence electrons. The van der Waals surface area contributed by atoms with Gasteiger partial charge in [0.05, 0.1) is 6.20 Å². The Morgan fingerprint density at radius 2 is 2.10 bits per heavy atom. The highest BCUT2D eigenvalue weighted by Gasteiger charge is 2.18. The van der Waals surface area contributed by atoms with E-state index in [1.807, 2.05) is 24.1 Å². The Kier molecular flexibility index (Phi) is 4.57. The molecule has 1 heterocycles. The van der Waals surface area contributed by atoms with Crippen LogP contribution >= 0.6 is 0 Å². The lowest BCUT2D eigenvalue weighted by atomic mass is 9.98. The molecule has 0 aliphatic rings. The molecule has 1 aromatic carbocycles. The largest absolute Gasteiger partial charge is 0.329 e. The lowest BCUT2D eigenvalue weighted by Gasteiger charge is -2.28. The number of aromatic nitrogens is 2. The van der Waals surface area contributed by atoms with Crippen molar-refractivity contribution in [2.75, 3.05) is 13.6 Å². The molecular weight excluding hydrogens is 248 g/mol. The second-order valence-corrected chi connectivity index (χ2v) is 5.55. The standard InChI is InChI=1S/C16H24N4/c1-12-5-6-15(13(2)7-12)16(8-17)19(3)10-14-9-18-20(4)11-14/h5-7,9,11,16H,8,10,17H2,1-4H3. The predicted octanol–water partition coefficient (Wildman–Crippen LogP) is 2.17. The number of hydrogen-bond acceptors (Lipinski definition) is 3. The van der Waals surface area contributed by atoms with Crippen LogP contribution in [-0.2, 0) is 13.6 Å². The van der Waals surface area contributed by atoms with E-state index in [1.165, 1.54) is 22.3 Å². The summed E-state index contributed by atoms with van der Waals surface area (Å²) >= 11 is 0. The van der Waals surface area contributed by atoms with Crippen LogP contribution in [-0.4, -0.2) is 28.3 Å². The van der Waals surface area contributed by atoms with Crippen LogP contribution in [0.15, 0.2) is 30.6 Å². The summed E-state index contributed by atoms with van der Waals surface area (Å²) in [4.78, 5) is 2.29. The zero-order chi connectivity index (χ0) is 14.7. The normalized spacial score (nSPS) is 12.9. The Labute approximate surface area is 121 Å². The van der Waals surface area contributed by atoms with E-state index >= 15 is 0 Å². The number of likely N-dealkylation sites (N-methyl/N-ethyl adjacent to an activating group) is 1. The van der Waals surface area contributed by atoms with Crippen molar-refractivity contribution < 1.29 is 0 Å². The van der Waals surface area contributed by atoms with Crippen LogP contribution in [0.3, 0.4) is 0 Å². The first kappa shape index (κ1) is 14.8. The maximum atomic E-state index is 6.01. The molecule has 0 saturated carbocycles. The van der Waals surface area contributed by atoms with E-state index in [-0.39, 0.29) is 6.04 Å². The SMILES string of the molecule is Cc1ccc(C(CN)N(C)Cc2cnn(C)c2)c(C)c1. The molecule has 0 amide bonds. The number of aryl methyl sites for hydroxylation is 3. The van der Waals surface area contributed by atoms with Crippen molar-refractivity contribution in [3.63, 3.8) is 0 Å². The van der Waals surface area contributed by atoms with Gasteiger partial charge in [-0.1, -0.05) is 23.8 Å². The van der Waals surface area contributed by atoms with Crippen molar-refractivity contribution in [2.45, 2.75) is 26.4 Å². The van der Waals surface area contributed by atoms with Crippen molar-refractivity contribution in [1.82, 2.24) is 14.7 Å². The highest BCUT2D eigenvalue weighted by atomic mass is 15.2. The lowest BCUT2D eigenvalue weighted by Crippen LogP contribution is -2.30. The van der Waals surface area contributed by atoms with Gasteiger partial charge in [-0.25, -0.2) is 0 Å². The van der Waals surface area contributed by atoms with Gasteiger partial charge in [-0.05, 0) is 32.0 Å². The van der Waals surface area contributed by atoms with E-state index in [2.05, 4.69) is 49.1 Å². The minimum atomic E-state index is 0.232. The molecule has 0 bridgehead atoms. The van der Waals surface area contributed by atoms with Gasteiger partial charge in [-0.3, -0.25) is 9.58 Å². The minimum absolute atomic E-state index is 0.232. The molecule has 0 radical (unpaired) electrons. The van der Waals surface area contributed by atoms with Gasteiger partial charge in [-0.2, -0.15) is 5.10 Å². The average Bonchev–Trinajstić information content (AvgIpc) is 2.78. The molecule has 4 nitrogen and oxygen atoms in total.